The molecule has 1 aromatic rings. The van der Waals surface area contributed by atoms with Crippen LogP contribution >= 0.6 is 11.6 Å². The largest absolute Gasteiger partial charge is 0.452 e. The Bertz CT molecular complexity index is 511. The molecule has 0 unspecified atom stereocenters. The Labute approximate surface area is 108 Å². The van der Waals surface area contributed by atoms with Gasteiger partial charge >= 0.3 is 5.97 Å². The summed E-state index contributed by atoms with van der Waals surface area (Å²) in [5, 5.41) is 10.8. The minimum absolute atomic E-state index is 0.135. The predicted octanol–water partition coefficient (Wildman–Crippen LogP) is 0.719. The number of nitrogens with zero attached hydrogens (tertiary/aromatic N) is 1. The van der Waals surface area contributed by atoms with Gasteiger partial charge in [-0.2, -0.15) is 5.26 Å². The Morgan fingerprint density at radius 2 is 2.22 bits per heavy atom. The van der Waals surface area contributed by atoms with Gasteiger partial charge in [0.15, 0.2) is 6.61 Å². The summed E-state index contributed by atoms with van der Waals surface area (Å²) in [7, 11) is 0. The monoisotopic (exact) mass is 267 g/mol. The van der Waals surface area contributed by atoms with Gasteiger partial charge in [0.1, 0.15) is 6.54 Å². The van der Waals surface area contributed by atoms with E-state index in [4.69, 9.17) is 27.3 Å². The number of ether oxygens (including phenoxy) is 1. The number of rotatable bonds is 4. The number of nitrogen functional groups attached to an aromatic ring is 1. The third-order valence-corrected chi connectivity index (χ3v) is 2.27. The van der Waals surface area contributed by atoms with Crippen molar-refractivity contribution in [3.63, 3.8) is 0 Å². The number of esters is 1. The van der Waals surface area contributed by atoms with Gasteiger partial charge in [0, 0.05) is 0 Å². The lowest BCUT2D eigenvalue weighted by molar-refractivity contribution is -0.123. The summed E-state index contributed by atoms with van der Waals surface area (Å²) < 4.78 is 4.72. The summed E-state index contributed by atoms with van der Waals surface area (Å²) in [5.74, 6) is -1.24. The Kier molecular flexibility index (Phi) is 4.96. The van der Waals surface area contributed by atoms with E-state index in [0.29, 0.717) is 5.02 Å². The lowest BCUT2D eigenvalue weighted by Gasteiger charge is -2.05. The van der Waals surface area contributed by atoms with Crippen LogP contribution < -0.4 is 11.1 Å². The summed E-state index contributed by atoms with van der Waals surface area (Å²) in [6.07, 6.45) is 0. The maximum Gasteiger partial charge on any atom is 0.338 e. The number of hydrogen-bond acceptors (Lipinski definition) is 5. The number of carbonyl (C=O) groups excluding carboxylic acids is 2. The first-order valence-corrected chi connectivity index (χ1v) is 5.28. The molecule has 0 saturated heterocycles. The van der Waals surface area contributed by atoms with Crippen LogP contribution in [0.1, 0.15) is 10.4 Å². The fourth-order valence-corrected chi connectivity index (χ4v) is 1.19. The van der Waals surface area contributed by atoms with Gasteiger partial charge in [0.2, 0.25) is 0 Å². The molecule has 94 valence electrons. The van der Waals surface area contributed by atoms with E-state index in [1.165, 1.54) is 18.2 Å². The Morgan fingerprint density at radius 1 is 1.50 bits per heavy atom. The van der Waals surface area contributed by atoms with Crippen molar-refractivity contribution in [1.29, 1.82) is 5.26 Å². The molecule has 6 nitrogen and oxygen atoms in total. The van der Waals surface area contributed by atoms with Crippen molar-refractivity contribution in [2.45, 2.75) is 0 Å². The molecule has 3 N–H and O–H groups in total. The van der Waals surface area contributed by atoms with Gasteiger partial charge in [0.25, 0.3) is 5.91 Å². The molecular formula is C11H10ClN3O3. The number of nitrogens with one attached hydrogen (secondary N) is 1. The molecule has 0 aliphatic heterocycles. The Hall–Kier alpha value is -2.26. The van der Waals surface area contributed by atoms with E-state index < -0.39 is 18.5 Å². The van der Waals surface area contributed by atoms with Crippen LogP contribution in [-0.4, -0.2) is 25.0 Å². The van der Waals surface area contributed by atoms with E-state index in [1.54, 1.807) is 6.07 Å². The molecule has 1 rings (SSSR count). The summed E-state index contributed by atoms with van der Waals surface area (Å²) in [6.45, 7) is -0.590. The van der Waals surface area contributed by atoms with Gasteiger partial charge in [-0.1, -0.05) is 11.6 Å². The third-order valence-electron chi connectivity index (χ3n) is 1.93. The molecule has 0 atom stereocenters. The molecule has 0 aliphatic carbocycles. The molecule has 0 spiro atoms. The first kappa shape index (κ1) is 13.8. The van der Waals surface area contributed by atoms with Crippen molar-refractivity contribution >= 4 is 29.2 Å². The molecule has 0 aromatic heterocycles. The topological polar surface area (TPSA) is 105 Å². The lowest BCUT2D eigenvalue weighted by Crippen LogP contribution is -2.29. The second-order valence-corrected chi connectivity index (χ2v) is 3.65. The average Bonchev–Trinajstić information content (AvgIpc) is 2.36. The number of hydrogen-bond donors (Lipinski definition) is 2. The fraction of sp³-hybridized carbons (Fsp3) is 0.182. The van der Waals surface area contributed by atoms with Crippen LogP contribution in [0.3, 0.4) is 0 Å². The molecule has 1 aromatic carbocycles. The highest BCUT2D eigenvalue weighted by atomic mass is 35.5. The van der Waals surface area contributed by atoms with Gasteiger partial charge in [-0.15, -0.1) is 0 Å². The quantitative estimate of drug-likeness (QED) is 0.475. The van der Waals surface area contributed by atoms with Crippen molar-refractivity contribution in [2.24, 2.45) is 0 Å². The highest BCUT2D eigenvalue weighted by Gasteiger charge is 2.11. The molecule has 18 heavy (non-hydrogen) atoms. The highest BCUT2D eigenvalue weighted by Crippen LogP contribution is 2.19. The fourth-order valence-electron chi connectivity index (χ4n) is 1.07. The zero-order valence-corrected chi connectivity index (χ0v) is 10.0. The smallest absolute Gasteiger partial charge is 0.338 e. The number of benzene rings is 1. The standard InChI is InChI=1S/C11H10ClN3O3/c12-8-2-1-7(5-9(8)14)11(17)18-6-10(16)15-4-3-13/h1-2,5H,4,6,14H2,(H,15,16). The van der Waals surface area contributed by atoms with E-state index in [-0.39, 0.29) is 17.8 Å². The second-order valence-electron chi connectivity index (χ2n) is 3.25. The Balaban J connectivity index is 2.53. The van der Waals surface area contributed by atoms with Gasteiger partial charge in [-0.05, 0) is 18.2 Å². The number of nitrogens with two attached hydrogens (primary N) is 1. The predicted molar refractivity (Wildman–Crippen MR) is 64.8 cm³/mol. The maximum absolute atomic E-state index is 11.5. The molecule has 1 amide bonds. The Morgan fingerprint density at radius 3 is 2.83 bits per heavy atom. The van der Waals surface area contributed by atoms with E-state index in [9.17, 15) is 9.59 Å². The zero-order chi connectivity index (χ0) is 13.5. The van der Waals surface area contributed by atoms with Crippen LogP contribution in [0.2, 0.25) is 5.02 Å². The van der Waals surface area contributed by atoms with Crippen LogP contribution in [0.25, 0.3) is 0 Å². The van der Waals surface area contributed by atoms with Gasteiger partial charge < -0.3 is 15.8 Å². The SMILES string of the molecule is N#CCNC(=O)COC(=O)c1ccc(Cl)c(N)c1. The molecule has 7 heteroatoms. The van der Waals surface area contributed by atoms with E-state index >= 15 is 0 Å². The summed E-state index contributed by atoms with van der Waals surface area (Å²) in [5.41, 5.74) is 5.97. The lowest BCUT2D eigenvalue weighted by atomic mass is 10.2. The van der Waals surface area contributed by atoms with Crippen molar-refractivity contribution in [2.75, 3.05) is 18.9 Å². The zero-order valence-electron chi connectivity index (χ0n) is 9.27. The minimum atomic E-state index is -0.689. The summed E-state index contributed by atoms with van der Waals surface area (Å²) in [6, 6.07) is 5.99. The number of anilines is 1. The van der Waals surface area contributed by atoms with Crippen molar-refractivity contribution in [3.8, 4) is 6.07 Å². The molecule has 0 fully saturated rings. The second kappa shape index (κ2) is 6.47. The molecule has 0 saturated carbocycles. The average molecular weight is 268 g/mol. The van der Waals surface area contributed by atoms with Crippen molar-refractivity contribution < 1.29 is 14.3 Å². The number of amides is 1. The highest BCUT2D eigenvalue weighted by molar-refractivity contribution is 6.33. The third kappa shape index (κ3) is 3.96. The van der Waals surface area contributed by atoms with Crippen LogP contribution in [-0.2, 0) is 9.53 Å². The van der Waals surface area contributed by atoms with E-state index in [1.807, 2.05) is 0 Å². The number of halogens is 1. The van der Waals surface area contributed by atoms with Crippen molar-refractivity contribution in [3.05, 3.63) is 28.8 Å². The minimum Gasteiger partial charge on any atom is -0.452 e. The van der Waals surface area contributed by atoms with Gasteiger partial charge in [-0.25, -0.2) is 4.79 Å². The molecular weight excluding hydrogens is 258 g/mol. The molecule has 0 bridgehead atoms. The molecule has 0 aliphatic rings. The first-order valence-electron chi connectivity index (χ1n) is 4.90. The number of nitriles is 1. The molecule has 0 radical (unpaired) electrons. The van der Waals surface area contributed by atoms with Crippen molar-refractivity contribution in [1.82, 2.24) is 5.32 Å². The van der Waals surface area contributed by atoms with Gasteiger partial charge in [-0.3, -0.25) is 4.79 Å². The van der Waals surface area contributed by atoms with E-state index in [0.717, 1.165) is 0 Å². The first-order chi connectivity index (χ1) is 8.54. The summed E-state index contributed by atoms with van der Waals surface area (Å²) >= 11 is 5.70. The van der Waals surface area contributed by atoms with Crippen LogP contribution in [0.4, 0.5) is 5.69 Å². The van der Waals surface area contributed by atoms with Crippen LogP contribution in [0.15, 0.2) is 18.2 Å². The summed E-state index contributed by atoms with van der Waals surface area (Å²) in [4.78, 5) is 22.6. The maximum atomic E-state index is 11.5. The van der Waals surface area contributed by atoms with Gasteiger partial charge in [0.05, 0.1) is 22.3 Å². The van der Waals surface area contributed by atoms with Crippen LogP contribution in [0.5, 0.6) is 0 Å². The van der Waals surface area contributed by atoms with Crippen LogP contribution in [0, 0.1) is 11.3 Å². The van der Waals surface area contributed by atoms with E-state index in [2.05, 4.69) is 5.32 Å². The number of carbonyl (C=O) groups is 2. The normalized spacial score (nSPS) is 9.33. The molecule has 0 heterocycles.